The third kappa shape index (κ3) is 7.72. The predicted octanol–water partition coefficient (Wildman–Crippen LogP) is 1.46. The van der Waals surface area contributed by atoms with E-state index >= 15 is 0 Å². The van der Waals surface area contributed by atoms with Gasteiger partial charge in [0.2, 0.25) is 11.8 Å². The molecule has 2 amide bonds. The Balaban J connectivity index is 2.93. The van der Waals surface area contributed by atoms with Gasteiger partial charge in [-0.25, -0.2) is 0 Å². The van der Waals surface area contributed by atoms with Crippen molar-refractivity contribution in [1.82, 2.24) is 15.5 Å². The standard InChI is InChI=1S/C19H35N3O4/c1-6-26-19(25)15-9-7-8-10-16(15)22(11-17(23)20-13(2)3)12-18(24)21-14(4)5/h13-16H,6-12H2,1-5H3,(H,20,23)(H,21,24)/t15-,16+/m0/s1. The fourth-order valence-electron chi connectivity index (χ4n) is 3.47. The lowest BCUT2D eigenvalue weighted by atomic mass is 9.83. The lowest BCUT2D eigenvalue weighted by molar-refractivity contribution is -0.153. The number of carbonyl (C=O) groups excluding carboxylic acids is 3. The minimum absolute atomic E-state index is 0.0288. The van der Waals surface area contributed by atoms with Crippen molar-refractivity contribution < 1.29 is 19.1 Å². The first kappa shape index (κ1) is 22.4. The molecule has 0 aromatic rings. The van der Waals surface area contributed by atoms with Crippen LogP contribution in [0.15, 0.2) is 0 Å². The first-order valence-electron chi connectivity index (χ1n) is 9.74. The van der Waals surface area contributed by atoms with Gasteiger partial charge in [-0.3, -0.25) is 19.3 Å². The van der Waals surface area contributed by atoms with Gasteiger partial charge in [-0.1, -0.05) is 12.8 Å². The number of rotatable bonds is 9. The zero-order valence-corrected chi connectivity index (χ0v) is 16.8. The summed E-state index contributed by atoms with van der Waals surface area (Å²) in [6, 6.07) is -0.0966. The van der Waals surface area contributed by atoms with Crippen LogP contribution < -0.4 is 10.6 Å². The van der Waals surface area contributed by atoms with Crippen molar-refractivity contribution in [2.45, 2.75) is 78.4 Å². The van der Waals surface area contributed by atoms with Crippen molar-refractivity contribution >= 4 is 17.8 Å². The van der Waals surface area contributed by atoms with E-state index in [0.29, 0.717) is 6.61 Å². The number of carbonyl (C=O) groups is 3. The van der Waals surface area contributed by atoms with Gasteiger partial charge >= 0.3 is 5.97 Å². The minimum atomic E-state index is -0.289. The highest BCUT2D eigenvalue weighted by molar-refractivity contribution is 5.82. The van der Waals surface area contributed by atoms with E-state index in [-0.39, 0.29) is 54.9 Å². The lowest BCUT2D eigenvalue weighted by Crippen LogP contribution is -2.53. The Hall–Kier alpha value is -1.63. The molecule has 0 aromatic heterocycles. The Bertz CT molecular complexity index is 455. The molecule has 1 fully saturated rings. The van der Waals surface area contributed by atoms with Crippen LogP contribution in [0, 0.1) is 5.92 Å². The molecule has 2 atom stereocenters. The molecule has 0 aliphatic heterocycles. The summed E-state index contributed by atoms with van der Waals surface area (Å²) in [7, 11) is 0. The Labute approximate surface area is 157 Å². The molecule has 0 radical (unpaired) electrons. The first-order chi connectivity index (χ1) is 12.2. The predicted molar refractivity (Wildman–Crippen MR) is 101 cm³/mol. The zero-order chi connectivity index (χ0) is 19.7. The molecule has 0 spiro atoms. The minimum Gasteiger partial charge on any atom is -0.466 e. The van der Waals surface area contributed by atoms with Gasteiger partial charge in [-0.15, -0.1) is 0 Å². The van der Waals surface area contributed by atoms with Crippen molar-refractivity contribution in [2.24, 2.45) is 5.92 Å². The third-order valence-electron chi connectivity index (χ3n) is 4.38. The molecule has 0 saturated heterocycles. The summed E-state index contributed by atoms with van der Waals surface area (Å²) < 4.78 is 5.23. The average Bonchev–Trinajstić information content (AvgIpc) is 2.53. The van der Waals surface area contributed by atoms with E-state index in [4.69, 9.17) is 4.74 Å². The monoisotopic (exact) mass is 369 g/mol. The van der Waals surface area contributed by atoms with Gasteiger partial charge in [0.05, 0.1) is 25.6 Å². The van der Waals surface area contributed by atoms with E-state index in [0.717, 1.165) is 25.7 Å². The van der Waals surface area contributed by atoms with Crippen LogP contribution in [-0.2, 0) is 19.1 Å². The molecule has 1 rings (SSSR count). The van der Waals surface area contributed by atoms with Crippen LogP contribution in [0.25, 0.3) is 0 Å². The molecule has 1 aliphatic carbocycles. The van der Waals surface area contributed by atoms with Crippen LogP contribution in [0.2, 0.25) is 0 Å². The molecule has 26 heavy (non-hydrogen) atoms. The molecule has 1 aliphatic rings. The van der Waals surface area contributed by atoms with Crippen LogP contribution in [-0.4, -0.2) is 60.5 Å². The summed E-state index contributed by atoms with van der Waals surface area (Å²) in [5.41, 5.74) is 0. The van der Waals surface area contributed by atoms with E-state index < -0.39 is 0 Å². The highest BCUT2D eigenvalue weighted by atomic mass is 16.5. The number of hydrogen-bond acceptors (Lipinski definition) is 5. The molecule has 0 bridgehead atoms. The molecular formula is C19H35N3O4. The molecule has 0 unspecified atom stereocenters. The second-order valence-corrected chi connectivity index (χ2v) is 7.56. The van der Waals surface area contributed by atoms with Gasteiger partial charge < -0.3 is 15.4 Å². The normalized spacial score (nSPS) is 20.3. The van der Waals surface area contributed by atoms with Gasteiger partial charge in [0.15, 0.2) is 0 Å². The molecule has 1 saturated carbocycles. The maximum atomic E-state index is 12.4. The maximum absolute atomic E-state index is 12.4. The smallest absolute Gasteiger partial charge is 0.310 e. The van der Waals surface area contributed by atoms with Gasteiger partial charge in [0.1, 0.15) is 0 Å². The molecule has 0 heterocycles. The van der Waals surface area contributed by atoms with E-state index in [1.807, 2.05) is 32.6 Å². The lowest BCUT2D eigenvalue weighted by Gasteiger charge is -2.38. The van der Waals surface area contributed by atoms with Gasteiger partial charge in [0.25, 0.3) is 0 Å². The number of nitrogens with one attached hydrogen (secondary N) is 2. The molecular weight excluding hydrogens is 334 g/mol. The summed E-state index contributed by atoms with van der Waals surface area (Å²) in [4.78, 5) is 38.9. The number of amides is 2. The Morgan fingerprint density at radius 2 is 1.46 bits per heavy atom. The molecule has 7 heteroatoms. The number of nitrogens with zero attached hydrogens (tertiary/aromatic N) is 1. The summed E-state index contributed by atoms with van der Waals surface area (Å²) in [5.74, 6) is -0.783. The summed E-state index contributed by atoms with van der Waals surface area (Å²) >= 11 is 0. The summed E-state index contributed by atoms with van der Waals surface area (Å²) in [5, 5.41) is 5.73. The first-order valence-corrected chi connectivity index (χ1v) is 9.74. The van der Waals surface area contributed by atoms with E-state index in [1.165, 1.54) is 0 Å². The van der Waals surface area contributed by atoms with Crippen molar-refractivity contribution in [3.05, 3.63) is 0 Å². The highest BCUT2D eigenvalue weighted by Crippen LogP contribution is 2.29. The van der Waals surface area contributed by atoms with Crippen molar-refractivity contribution in [3.63, 3.8) is 0 Å². The average molecular weight is 370 g/mol. The SMILES string of the molecule is CCOC(=O)[C@H]1CCCC[C@H]1N(CC(=O)NC(C)C)CC(=O)NC(C)C. The van der Waals surface area contributed by atoms with E-state index in [9.17, 15) is 14.4 Å². The highest BCUT2D eigenvalue weighted by Gasteiger charge is 2.37. The Kier molecular flexibility index (Phi) is 9.62. The maximum Gasteiger partial charge on any atom is 0.310 e. The topological polar surface area (TPSA) is 87.7 Å². The van der Waals surface area contributed by atoms with Crippen LogP contribution >= 0.6 is 0 Å². The van der Waals surface area contributed by atoms with Crippen LogP contribution in [0.3, 0.4) is 0 Å². The van der Waals surface area contributed by atoms with Gasteiger partial charge in [-0.2, -0.15) is 0 Å². The largest absolute Gasteiger partial charge is 0.466 e. The second kappa shape index (κ2) is 11.2. The molecule has 7 nitrogen and oxygen atoms in total. The quantitative estimate of drug-likeness (QED) is 0.601. The van der Waals surface area contributed by atoms with E-state index in [2.05, 4.69) is 10.6 Å². The number of ether oxygens (including phenoxy) is 1. The van der Waals surface area contributed by atoms with Crippen molar-refractivity contribution in [1.29, 1.82) is 0 Å². The number of hydrogen-bond donors (Lipinski definition) is 2. The Morgan fingerprint density at radius 3 is 1.92 bits per heavy atom. The van der Waals surface area contributed by atoms with Crippen molar-refractivity contribution in [3.8, 4) is 0 Å². The van der Waals surface area contributed by atoms with E-state index in [1.54, 1.807) is 6.92 Å². The van der Waals surface area contributed by atoms with Crippen LogP contribution in [0.1, 0.15) is 60.3 Å². The Morgan fingerprint density at radius 1 is 0.962 bits per heavy atom. The van der Waals surface area contributed by atoms with Crippen LogP contribution in [0.5, 0.6) is 0 Å². The third-order valence-corrected chi connectivity index (χ3v) is 4.38. The summed E-state index contributed by atoms with van der Waals surface area (Å²) in [6.45, 7) is 9.93. The van der Waals surface area contributed by atoms with Gasteiger partial charge in [0, 0.05) is 18.1 Å². The molecule has 150 valence electrons. The molecule has 0 aromatic carbocycles. The fourth-order valence-corrected chi connectivity index (χ4v) is 3.47. The van der Waals surface area contributed by atoms with Crippen molar-refractivity contribution in [2.75, 3.05) is 19.7 Å². The van der Waals surface area contributed by atoms with Crippen LogP contribution in [0.4, 0.5) is 0 Å². The second-order valence-electron chi connectivity index (χ2n) is 7.56. The van der Waals surface area contributed by atoms with Gasteiger partial charge in [-0.05, 0) is 47.5 Å². The zero-order valence-electron chi connectivity index (χ0n) is 16.8. The summed E-state index contributed by atoms with van der Waals surface area (Å²) in [6.07, 6.45) is 3.46. The fraction of sp³-hybridized carbons (Fsp3) is 0.842. The number of esters is 1. The molecule has 2 N–H and O–H groups in total.